The summed E-state index contributed by atoms with van der Waals surface area (Å²) in [6, 6.07) is 32.5. The molecular formula is C55H49N9O11. The number of nitrogens with two attached hydrogens (primary N) is 1. The standard InChI is InChI=1S/C55H49N9O11/c56-52(69)57-24-9-11-35-20-23-42-41(33-35)55(51(68)62(42)54(70)74-34-36-18-21-39(22-19-36)64(71)72)44(49(66)60-27-29-61(30-28-60)53-58-25-10-26-59-53)46-50(67)75-47(38-14-5-2-6-15-38)45(37-12-3-1-4-13-37)63(46)48(55)40-16-7-8-17-43(40)73-32-31-65/h1-8,10,12-23,25-26,33,44-48,65H,24,27-32,34H2,(H3,56,57,69)/t44-,45-,46-,47+,48+,55-/m0/s1. The number of esters is 1. The minimum atomic E-state index is -2.22. The summed E-state index contributed by atoms with van der Waals surface area (Å²) in [4.78, 5) is 101. The molecule has 20 heteroatoms. The third-order valence-corrected chi connectivity index (χ3v) is 14.0. The molecule has 1 spiro atoms. The maximum Gasteiger partial charge on any atom is 0.421 e. The van der Waals surface area contributed by atoms with E-state index in [2.05, 4.69) is 27.1 Å². The molecule has 5 heterocycles. The summed E-state index contributed by atoms with van der Waals surface area (Å²) in [7, 11) is 0. The first kappa shape index (κ1) is 49.4. The molecule has 20 nitrogen and oxygen atoms in total. The number of morpholine rings is 1. The number of aromatic nitrogens is 2. The van der Waals surface area contributed by atoms with E-state index in [9.17, 15) is 24.8 Å². The van der Waals surface area contributed by atoms with E-state index in [-0.39, 0.29) is 55.5 Å². The van der Waals surface area contributed by atoms with Gasteiger partial charge in [0.05, 0.1) is 41.8 Å². The SMILES string of the molecule is NC(=O)NCC#Cc1ccc2c(c1)[C@]1(C(=O)N2C(=O)OCc2ccc([N+](=O)[O-])cc2)[C@H](C(=O)N2CCN(c3ncccn3)CC2)[C@H]2C(=O)O[C@H](c3ccccc3)[C@H](c3ccccc3)N2[C@@H]1c1ccccc1OCCO. The number of non-ortho nitro benzene ring substituents is 1. The van der Waals surface area contributed by atoms with Crippen molar-refractivity contribution in [3.63, 3.8) is 0 Å². The highest BCUT2D eigenvalue weighted by atomic mass is 16.6. The number of ether oxygens (including phenoxy) is 3. The number of nitro benzene ring substituents is 1. The van der Waals surface area contributed by atoms with Gasteiger partial charge in [0, 0.05) is 61.8 Å². The molecule has 5 aromatic carbocycles. The molecule has 5 amide bonds. The number of urea groups is 1. The van der Waals surface area contributed by atoms with Gasteiger partial charge in [-0.15, -0.1) is 0 Å². The van der Waals surface area contributed by atoms with E-state index < -0.39 is 77.0 Å². The zero-order chi connectivity index (χ0) is 52.2. The molecule has 75 heavy (non-hydrogen) atoms. The van der Waals surface area contributed by atoms with E-state index in [0.717, 1.165) is 4.90 Å². The second-order valence-electron chi connectivity index (χ2n) is 18.1. The second-order valence-corrected chi connectivity index (χ2v) is 18.1. The maximum absolute atomic E-state index is 16.8. The number of amides is 5. The highest BCUT2D eigenvalue weighted by Gasteiger charge is 2.76. The molecule has 380 valence electrons. The van der Waals surface area contributed by atoms with Gasteiger partial charge in [0.15, 0.2) is 0 Å². The molecule has 1 aromatic heterocycles. The molecule has 6 aromatic rings. The molecule has 0 radical (unpaired) electrons. The van der Waals surface area contributed by atoms with Gasteiger partial charge in [-0.25, -0.2) is 24.5 Å². The Hall–Kier alpha value is -9.19. The molecule has 3 fully saturated rings. The number of carbonyl (C=O) groups is 5. The first-order valence-electron chi connectivity index (χ1n) is 24.1. The summed E-state index contributed by atoms with van der Waals surface area (Å²) < 4.78 is 18.8. The van der Waals surface area contributed by atoms with E-state index in [0.29, 0.717) is 46.9 Å². The van der Waals surface area contributed by atoms with E-state index >= 15 is 14.4 Å². The van der Waals surface area contributed by atoms with Crippen molar-refractivity contribution >= 4 is 47.2 Å². The molecule has 6 atom stereocenters. The van der Waals surface area contributed by atoms with Crippen LogP contribution in [-0.2, 0) is 35.9 Å². The monoisotopic (exact) mass is 1010 g/mol. The van der Waals surface area contributed by atoms with Gasteiger partial charge in [0.1, 0.15) is 36.5 Å². The maximum atomic E-state index is 16.8. The Bertz CT molecular complexity index is 3210. The van der Waals surface area contributed by atoms with Crippen LogP contribution in [0.3, 0.4) is 0 Å². The van der Waals surface area contributed by atoms with Crippen LogP contribution in [0.1, 0.15) is 51.6 Å². The van der Waals surface area contributed by atoms with Crippen molar-refractivity contribution in [1.29, 1.82) is 0 Å². The zero-order valence-electron chi connectivity index (χ0n) is 40.1. The van der Waals surface area contributed by atoms with Crippen LogP contribution in [0.15, 0.2) is 146 Å². The molecule has 10 rings (SSSR count). The molecule has 4 N–H and O–H groups in total. The van der Waals surface area contributed by atoms with Gasteiger partial charge >= 0.3 is 18.1 Å². The molecule has 3 saturated heterocycles. The number of rotatable bonds is 12. The van der Waals surface area contributed by atoms with Gasteiger partial charge in [0.2, 0.25) is 17.8 Å². The normalized spacial score (nSPS) is 21.8. The number of nitro groups is 1. The predicted octanol–water partition coefficient (Wildman–Crippen LogP) is 5.13. The van der Waals surface area contributed by atoms with E-state index in [1.165, 1.54) is 30.3 Å². The lowest BCUT2D eigenvalue weighted by molar-refractivity contribution is -0.384. The number of fused-ring (bicyclic) bond motifs is 3. The van der Waals surface area contributed by atoms with Crippen LogP contribution in [0.25, 0.3) is 0 Å². The number of nitrogens with one attached hydrogen (secondary N) is 1. The summed E-state index contributed by atoms with van der Waals surface area (Å²) in [6.07, 6.45) is 1.09. The van der Waals surface area contributed by atoms with Crippen molar-refractivity contribution < 1.29 is 48.2 Å². The molecule has 0 unspecified atom stereocenters. The van der Waals surface area contributed by atoms with E-state index in [1.54, 1.807) is 59.8 Å². The molecule has 4 aliphatic heterocycles. The highest BCUT2D eigenvalue weighted by molar-refractivity contribution is 6.23. The number of anilines is 2. The summed E-state index contributed by atoms with van der Waals surface area (Å²) in [5.41, 5.74) is 5.47. The number of piperazine rings is 1. The van der Waals surface area contributed by atoms with Crippen molar-refractivity contribution in [3.8, 4) is 17.6 Å². The lowest BCUT2D eigenvalue weighted by Crippen LogP contribution is -2.59. The number of imide groups is 1. The smallest absolute Gasteiger partial charge is 0.421 e. The van der Waals surface area contributed by atoms with Crippen LogP contribution in [0, 0.1) is 27.9 Å². The molecule has 4 aliphatic rings. The molecule has 0 saturated carbocycles. The van der Waals surface area contributed by atoms with E-state index in [1.807, 2.05) is 70.5 Å². The number of para-hydroxylation sites is 1. The highest BCUT2D eigenvalue weighted by Crippen LogP contribution is 2.67. The number of primary amides is 1. The summed E-state index contributed by atoms with van der Waals surface area (Å²) in [6.45, 7) is -0.254. The summed E-state index contributed by atoms with van der Waals surface area (Å²) >= 11 is 0. The first-order chi connectivity index (χ1) is 36.5. The zero-order valence-corrected chi connectivity index (χ0v) is 40.1. The van der Waals surface area contributed by atoms with Crippen LogP contribution < -0.4 is 25.6 Å². The van der Waals surface area contributed by atoms with Crippen LogP contribution >= 0.6 is 0 Å². The van der Waals surface area contributed by atoms with Crippen LogP contribution in [0.2, 0.25) is 0 Å². The molecule has 0 bridgehead atoms. The Kier molecular flexibility index (Phi) is 13.9. The minimum Gasteiger partial charge on any atom is -0.491 e. The van der Waals surface area contributed by atoms with Crippen molar-refractivity contribution in [2.45, 2.75) is 36.3 Å². The Morgan fingerprint density at radius 2 is 1.53 bits per heavy atom. The number of aliphatic hydroxyl groups is 1. The fraction of sp³-hybridized carbons (Fsp3) is 0.255. The van der Waals surface area contributed by atoms with Crippen LogP contribution in [0.4, 0.5) is 26.9 Å². The number of cyclic esters (lactones) is 1. The number of nitrogens with zero attached hydrogens (tertiary/aromatic N) is 7. The van der Waals surface area contributed by atoms with Gasteiger partial charge in [-0.05, 0) is 64.7 Å². The van der Waals surface area contributed by atoms with Crippen molar-refractivity contribution in [2.75, 3.05) is 55.7 Å². The van der Waals surface area contributed by atoms with Crippen molar-refractivity contribution in [1.82, 2.24) is 25.1 Å². The summed E-state index contributed by atoms with van der Waals surface area (Å²) in [5, 5.41) is 24.1. The molecular weight excluding hydrogens is 963 g/mol. The van der Waals surface area contributed by atoms with Gasteiger partial charge in [-0.2, -0.15) is 0 Å². The predicted molar refractivity (Wildman–Crippen MR) is 270 cm³/mol. The summed E-state index contributed by atoms with van der Waals surface area (Å²) in [5.74, 6) is 2.65. The van der Waals surface area contributed by atoms with Crippen LogP contribution in [0.5, 0.6) is 5.75 Å². The van der Waals surface area contributed by atoms with Crippen LogP contribution in [-0.4, -0.2) is 112 Å². The number of aliphatic hydroxyl groups excluding tert-OH is 1. The lowest BCUT2D eigenvalue weighted by atomic mass is 9.64. The quantitative estimate of drug-likeness (QED) is 0.0622. The van der Waals surface area contributed by atoms with Gasteiger partial charge in [0.25, 0.3) is 5.69 Å². The Morgan fingerprint density at radius 1 is 0.853 bits per heavy atom. The number of benzene rings is 5. The van der Waals surface area contributed by atoms with Gasteiger partial charge in [-0.3, -0.25) is 29.4 Å². The third kappa shape index (κ3) is 9.19. The lowest BCUT2D eigenvalue weighted by Gasteiger charge is -2.46. The van der Waals surface area contributed by atoms with Crippen molar-refractivity contribution in [3.05, 3.63) is 189 Å². The minimum absolute atomic E-state index is 0.0289. The van der Waals surface area contributed by atoms with Gasteiger partial charge in [-0.1, -0.05) is 90.7 Å². The topological polar surface area (TPSA) is 253 Å². The fourth-order valence-corrected chi connectivity index (χ4v) is 10.9. The third-order valence-electron chi connectivity index (χ3n) is 14.0. The Balaban J connectivity index is 1.22. The molecule has 0 aliphatic carbocycles. The van der Waals surface area contributed by atoms with Gasteiger partial charge < -0.3 is 40.2 Å². The largest absolute Gasteiger partial charge is 0.491 e. The van der Waals surface area contributed by atoms with E-state index in [4.69, 9.17) is 19.9 Å². The Morgan fingerprint density at radius 3 is 2.21 bits per heavy atom. The second kappa shape index (κ2) is 21.1. The first-order valence-corrected chi connectivity index (χ1v) is 24.1. The number of hydrogen-bond donors (Lipinski definition) is 3. The Labute approximate surface area is 429 Å². The number of hydrogen-bond acceptors (Lipinski definition) is 15. The number of carbonyl (C=O) groups excluding carboxylic acids is 5. The fourth-order valence-electron chi connectivity index (χ4n) is 10.9. The van der Waals surface area contributed by atoms with Crippen molar-refractivity contribution in [2.24, 2.45) is 11.7 Å². The average molecular weight is 1010 g/mol. The average Bonchev–Trinajstić information content (AvgIpc) is 3.91.